The minimum absolute atomic E-state index is 0.115. The quantitative estimate of drug-likeness (QED) is 0.388. The van der Waals surface area contributed by atoms with Crippen LogP contribution in [0.3, 0.4) is 0 Å². The lowest BCUT2D eigenvalue weighted by atomic mass is 9.30. The molecule has 0 unspecified atom stereocenters. The molecule has 4 heterocycles. The summed E-state index contributed by atoms with van der Waals surface area (Å²) in [6, 6.07) is 5.80. The number of nitrogens with zero attached hydrogens (tertiary/aromatic N) is 4. The van der Waals surface area contributed by atoms with E-state index < -0.39 is 10.8 Å². The SMILES string of the molecule is BC1(B)OC(B)(B)C(B)(B)N(CC(=O)Nc2cc3nc(-c4cnc(C)s4)ccc3cn2)C1(B)B. The third-order valence-corrected chi connectivity index (χ3v) is 8.76. The van der Waals surface area contributed by atoms with Gasteiger partial charge in [-0.1, -0.05) is 0 Å². The first-order chi connectivity index (χ1) is 15.6. The summed E-state index contributed by atoms with van der Waals surface area (Å²) in [6.07, 6.45) is 3.58. The van der Waals surface area contributed by atoms with E-state index in [0.29, 0.717) is 5.82 Å². The van der Waals surface area contributed by atoms with E-state index in [1.165, 1.54) is 0 Å². The van der Waals surface area contributed by atoms with Gasteiger partial charge in [0.2, 0.25) is 5.91 Å². The molecule has 1 fully saturated rings. The van der Waals surface area contributed by atoms with Crippen LogP contribution in [0.4, 0.5) is 5.82 Å². The Bertz CT molecular complexity index is 1240. The van der Waals surface area contributed by atoms with Crippen LogP contribution in [0.15, 0.2) is 30.6 Å². The molecule has 34 heavy (non-hydrogen) atoms. The molecule has 7 nitrogen and oxygen atoms in total. The summed E-state index contributed by atoms with van der Waals surface area (Å²) in [5.41, 5.74) is 1.64. The predicted molar refractivity (Wildman–Crippen MR) is 161 cm³/mol. The van der Waals surface area contributed by atoms with Crippen LogP contribution >= 0.6 is 11.3 Å². The van der Waals surface area contributed by atoms with Crippen LogP contribution in [0.1, 0.15) is 5.01 Å². The van der Waals surface area contributed by atoms with Crippen molar-refractivity contribution in [2.24, 2.45) is 0 Å². The number of thiazole rings is 1. The van der Waals surface area contributed by atoms with Gasteiger partial charge in [0.1, 0.15) is 68.6 Å². The summed E-state index contributed by atoms with van der Waals surface area (Å²) in [5.74, 6) is 0.376. The molecular formula is C18H27B8N5O2S. The largest absolute Gasteiger partial charge is 0.403 e. The van der Waals surface area contributed by atoms with Gasteiger partial charge in [-0.15, -0.1) is 11.3 Å². The zero-order chi connectivity index (χ0) is 25.1. The number of carbonyl (C=O) groups is 1. The Morgan fingerprint density at radius 2 is 1.68 bits per heavy atom. The van der Waals surface area contributed by atoms with Crippen molar-refractivity contribution < 1.29 is 9.53 Å². The number of amides is 1. The van der Waals surface area contributed by atoms with Gasteiger partial charge in [-0.25, -0.2) is 15.0 Å². The first-order valence-corrected chi connectivity index (χ1v) is 12.4. The number of morpholine rings is 1. The molecule has 1 aliphatic heterocycles. The monoisotopic (exact) mass is 465 g/mol. The highest BCUT2D eigenvalue weighted by Crippen LogP contribution is 2.39. The van der Waals surface area contributed by atoms with Crippen molar-refractivity contribution in [3.63, 3.8) is 0 Å². The summed E-state index contributed by atoms with van der Waals surface area (Å²) in [6.45, 7) is 2.20. The van der Waals surface area contributed by atoms with E-state index in [9.17, 15) is 4.79 Å². The maximum absolute atomic E-state index is 13.2. The molecule has 3 aromatic heterocycles. The number of nitrogens with one attached hydrogen (secondary N) is 1. The van der Waals surface area contributed by atoms with Gasteiger partial charge in [0.05, 0.1) is 27.6 Å². The summed E-state index contributed by atoms with van der Waals surface area (Å²) in [4.78, 5) is 30.1. The van der Waals surface area contributed by atoms with Crippen LogP contribution in [0.5, 0.6) is 0 Å². The van der Waals surface area contributed by atoms with E-state index in [1.807, 2.05) is 31.3 Å². The number of carbonyl (C=O) groups excluding carboxylic acids is 1. The second-order valence-corrected chi connectivity index (χ2v) is 12.3. The maximum Gasteiger partial charge on any atom is 0.239 e. The van der Waals surface area contributed by atoms with Crippen molar-refractivity contribution in [2.75, 3.05) is 11.9 Å². The molecule has 0 aliphatic carbocycles. The highest BCUT2D eigenvalue weighted by molar-refractivity contribution is 7.15. The Morgan fingerprint density at radius 1 is 1.03 bits per heavy atom. The third kappa shape index (κ3) is 4.29. The van der Waals surface area contributed by atoms with E-state index in [0.717, 1.165) is 26.5 Å². The van der Waals surface area contributed by atoms with E-state index >= 15 is 0 Å². The van der Waals surface area contributed by atoms with Gasteiger partial charge in [-0.2, -0.15) is 0 Å². The van der Waals surface area contributed by atoms with Gasteiger partial charge in [0, 0.05) is 34.6 Å². The Hall–Kier alpha value is -1.90. The molecule has 1 saturated heterocycles. The average Bonchev–Trinajstić information content (AvgIpc) is 3.16. The summed E-state index contributed by atoms with van der Waals surface area (Å²) < 4.78 is 6.52. The number of aryl methyl sites for hydroxylation is 1. The minimum atomic E-state index is -0.442. The number of rotatable bonds is 4. The fraction of sp³-hybridized carbons (Fsp3) is 0.333. The smallest absolute Gasteiger partial charge is 0.239 e. The van der Waals surface area contributed by atoms with Gasteiger partial charge in [0.15, 0.2) is 0 Å². The molecule has 0 atom stereocenters. The van der Waals surface area contributed by atoms with Crippen molar-refractivity contribution in [2.45, 2.75) is 28.4 Å². The fourth-order valence-electron chi connectivity index (χ4n) is 4.66. The van der Waals surface area contributed by atoms with E-state index in [2.05, 4.69) is 83.0 Å². The molecule has 3 aromatic rings. The van der Waals surface area contributed by atoms with E-state index in [-0.39, 0.29) is 23.1 Å². The fourth-order valence-corrected chi connectivity index (χ4v) is 5.41. The Kier molecular flexibility index (Phi) is 6.19. The van der Waals surface area contributed by atoms with Crippen molar-refractivity contribution >= 4 is 96.7 Å². The Morgan fingerprint density at radius 3 is 2.26 bits per heavy atom. The number of ether oxygens (including phenoxy) is 1. The van der Waals surface area contributed by atoms with Crippen molar-refractivity contribution in [3.05, 3.63) is 35.6 Å². The molecule has 0 bridgehead atoms. The molecular weight excluding hydrogens is 437 g/mol. The molecule has 4 rings (SSSR count). The Labute approximate surface area is 212 Å². The first kappa shape index (κ1) is 25.2. The number of anilines is 1. The normalized spacial score (nSPS) is 20.6. The van der Waals surface area contributed by atoms with Crippen LogP contribution in [-0.2, 0) is 9.53 Å². The predicted octanol–water partition coefficient (Wildman–Crippen LogP) is -5.99. The number of fused-ring (bicyclic) bond motifs is 1. The van der Waals surface area contributed by atoms with Crippen LogP contribution in [-0.4, -0.2) is 117 Å². The van der Waals surface area contributed by atoms with Crippen molar-refractivity contribution in [1.29, 1.82) is 0 Å². The lowest BCUT2D eigenvalue weighted by Gasteiger charge is -2.68. The summed E-state index contributed by atoms with van der Waals surface area (Å²) in [7, 11) is 16.9. The number of hydrogen-bond donors (Lipinski definition) is 1. The zero-order valence-corrected chi connectivity index (χ0v) is 22.4. The number of pyridine rings is 2. The standard InChI is InChI=1S/C18H27B8N5O2S/c1-8-27-6-12(34-8)10-3-2-9-5-28-13(4-11(9)29-10)30-14(32)7-31-15(19,20)17(23,24)33-18(25,26)16(31,21)22/h2-6H,7,19-26H2,1H3,(H,28,30,32). The van der Waals surface area contributed by atoms with E-state index in [1.54, 1.807) is 17.5 Å². The summed E-state index contributed by atoms with van der Waals surface area (Å²) >= 11 is 1.61. The zero-order valence-electron chi connectivity index (χ0n) is 21.6. The van der Waals surface area contributed by atoms with Crippen molar-refractivity contribution in [3.8, 4) is 10.6 Å². The first-order valence-electron chi connectivity index (χ1n) is 11.6. The van der Waals surface area contributed by atoms with Gasteiger partial charge in [-0.05, 0) is 29.7 Å². The van der Waals surface area contributed by atoms with Crippen LogP contribution in [0.2, 0.25) is 0 Å². The van der Waals surface area contributed by atoms with Crippen LogP contribution in [0, 0.1) is 6.92 Å². The second kappa shape index (κ2) is 8.35. The number of aromatic nitrogens is 3. The molecule has 0 spiro atoms. The third-order valence-electron chi connectivity index (χ3n) is 7.82. The molecule has 0 saturated carbocycles. The average molecular weight is 464 g/mol. The van der Waals surface area contributed by atoms with Crippen LogP contribution in [0.25, 0.3) is 21.5 Å². The van der Waals surface area contributed by atoms with Crippen LogP contribution < -0.4 is 5.32 Å². The molecule has 1 amide bonds. The lowest BCUT2D eigenvalue weighted by molar-refractivity contribution is -0.131. The molecule has 1 N–H and O–H groups in total. The molecule has 0 radical (unpaired) electrons. The second-order valence-electron chi connectivity index (χ2n) is 11.1. The molecule has 1 aliphatic rings. The number of hydrogen-bond acceptors (Lipinski definition) is 7. The molecule has 166 valence electrons. The lowest BCUT2D eigenvalue weighted by Crippen LogP contribution is -2.86. The van der Waals surface area contributed by atoms with Gasteiger partial charge in [0.25, 0.3) is 0 Å². The Balaban J connectivity index is 1.58. The summed E-state index contributed by atoms with van der Waals surface area (Å²) in [5, 5.41) is 3.28. The minimum Gasteiger partial charge on any atom is -0.403 e. The van der Waals surface area contributed by atoms with Gasteiger partial charge < -0.3 is 15.0 Å². The van der Waals surface area contributed by atoms with Gasteiger partial charge >= 0.3 is 0 Å². The maximum atomic E-state index is 13.2. The molecule has 16 heteroatoms. The van der Waals surface area contributed by atoms with Crippen molar-refractivity contribution in [1.82, 2.24) is 19.9 Å². The highest BCUT2D eigenvalue weighted by atomic mass is 32.1. The molecule has 0 aromatic carbocycles. The topological polar surface area (TPSA) is 80.2 Å². The highest BCUT2D eigenvalue weighted by Gasteiger charge is 2.58. The van der Waals surface area contributed by atoms with Gasteiger partial charge in [-0.3, -0.25) is 4.79 Å². The van der Waals surface area contributed by atoms with E-state index in [4.69, 9.17) is 9.72 Å².